The molecule has 0 aliphatic carbocycles. The van der Waals surface area contributed by atoms with E-state index in [-0.39, 0.29) is 59.1 Å². The number of nitrogens with zero attached hydrogens (tertiary/aromatic N) is 2. The number of benzene rings is 2. The minimum atomic E-state index is 0. The molecule has 35 heavy (non-hydrogen) atoms. The molecule has 0 fully saturated rings. The summed E-state index contributed by atoms with van der Waals surface area (Å²) in [6, 6.07) is 19.4. The quantitative estimate of drug-likeness (QED) is 0.128. The zero-order valence-electron chi connectivity index (χ0n) is 23.1. The van der Waals surface area contributed by atoms with Crippen LogP contribution in [0.15, 0.2) is 54.6 Å². The van der Waals surface area contributed by atoms with Crippen molar-refractivity contribution in [3.63, 3.8) is 0 Å². The smallest absolute Gasteiger partial charge is 0.110 e. The van der Waals surface area contributed by atoms with Gasteiger partial charge in [-0.1, -0.05) is 139 Å². The molecule has 0 N–H and O–H groups in total. The van der Waals surface area contributed by atoms with E-state index >= 15 is 0 Å². The molecule has 0 saturated heterocycles. The summed E-state index contributed by atoms with van der Waals surface area (Å²) in [6.45, 7) is 3.21. The predicted molar refractivity (Wildman–Crippen MR) is 155 cm³/mol. The van der Waals surface area contributed by atoms with Crippen LogP contribution < -0.4 is 0 Å². The maximum absolute atomic E-state index is 4.98. The van der Waals surface area contributed by atoms with Crippen LogP contribution in [0.4, 0.5) is 0 Å². The Morgan fingerprint density at radius 1 is 0.571 bits per heavy atom. The molecule has 2 nitrogen and oxygen atoms in total. The third kappa shape index (κ3) is 12.8. The van der Waals surface area contributed by atoms with Crippen LogP contribution in [0.3, 0.4) is 0 Å². The molecule has 2 aromatic carbocycles. The van der Waals surface area contributed by atoms with Gasteiger partial charge in [0, 0.05) is 72.1 Å². The van der Waals surface area contributed by atoms with Crippen LogP contribution in [-0.2, 0) is 13.0 Å². The van der Waals surface area contributed by atoms with E-state index in [1.165, 1.54) is 113 Å². The second-order valence-electron chi connectivity index (χ2n) is 9.79. The summed E-state index contributed by atoms with van der Waals surface area (Å²) in [5, 5.41) is 0. The van der Waals surface area contributed by atoms with Crippen LogP contribution in [0.25, 0.3) is 11.0 Å². The van der Waals surface area contributed by atoms with Gasteiger partial charge in [0.05, 0.1) is 11.0 Å². The van der Waals surface area contributed by atoms with Crippen LogP contribution in [0, 0.1) is 0 Å². The van der Waals surface area contributed by atoms with E-state index in [1.54, 1.807) is 0 Å². The Balaban J connectivity index is 0.00000306. The number of unbranched alkanes of at least 4 members (excludes halogenated alkanes) is 14. The number of fused-ring (bicyclic) bond motifs is 1. The topological polar surface area (TPSA) is 17.8 Å². The zero-order valence-corrected chi connectivity index (χ0v) is 27.1. The van der Waals surface area contributed by atoms with Crippen molar-refractivity contribution in [2.45, 2.75) is 116 Å². The summed E-state index contributed by atoms with van der Waals surface area (Å²) < 4.78 is 2.43. The third-order valence-electron chi connectivity index (χ3n) is 6.92. The van der Waals surface area contributed by atoms with Gasteiger partial charge >= 0.3 is 0 Å². The molecule has 0 amide bonds. The molecule has 0 aliphatic rings. The minimum Gasteiger partial charge on any atom is -0.323 e. The molecule has 4 heteroatoms. The van der Waals surface area contributed by atoms with Gasteiger partial charge in [0.15, 0.2) is 0 Å². The summed E-state index contributed by atoms with van der Waals surface area (Å²) >= 11 is 0. The van der Waals surface area contributed by atoms with Crippen molar-refractivity contribution in [3.8, 4) is 0 Å². The van der Waals surface area contributed by atoms with E-state index in [0.717, 1.165) is 18.5 Å². The number of aromatic nitrogens is 2. The normalized spacial score (nSPS) is 10.8. The first kappa shape index (κ1) is 32.9. The molecule has 0 bridgehead atoms. The van der Waals surface area contributed by atoms with Crippen molar-refractivity contribution in [1.82, 2.24) is 9.55 Å². The molecule has 2 radical (unpaired) electrons. The predicted octanol–water partition coefficient (Wildman–Crippen LogP) is 8.74. The molecule has 1 aromatic heterocycles. The van der Waals surface area contributed by atoms with Gasteiger partial charge in [-0.25, -0.2) is 4.98 Å². The van der Waals surface area contributed by atoms with Gasteiger partial charge in [-0.2, -0.15) is 0 Å². The van der Waals surface area contributed by atoms with Crippen molar-refractivity contribution in [1.29, 1.82) is 0 Å². The van der Waals surface area contributed by atoms with Crippen LogP contribution >= 0.6 is 0 Å². The molecule has 0 spiro atoms. The Kier molecular flexibility index (Phi) is 19.7. The first-order chi connectivity index (χ1) is 16.4. The fraction of sp³-hybridized carbons (Fsp3) is 0.581. The first-order valence-electron chi connectivity index (χ1n) is 13.9. The third-order valence-corrected chi connectivity index (χ3v) is 6.92. The van der Waals surface area contributed by atoms with E-state index in [2.05, 4.69) is 66.1 Å². The van der Waals surface area contributed by atoms with E-state index in [4.69, 9.17) is 4.98 Å². The summed E-state index contributed by atoms with van der Waals surface area (Å²) in [7, 11) is 0. The number of aryl methyl sites for hydroxylation is 1. The van der Waals surface area contributed by atoms with Crippen LogP contribution in [0.2, 0.25) is 0 Å². The number of hydrogen-bond acceptors (Lipinski definition) is 1. The van der Waals surface area contributed by atoms with E-state index in [1.807, 2.05) is 0 Å². The Labute approximate surface area is 259 Å². The fourth-order valence-corrected chi connectivity index (χ4v) is 4.91. The first-order valence-corrected chi connectivity index (χ1v) is 13.9. The van der Waals surface area contributed by atoms with Gasteiger partial charge in [0.2, 0.25) is 0 Å². The Hall–Kier alpha value is -0.0900. The SMILES string of the molecule is CCCCCCCCCCCCCCCCCc1nc2ccccc2n1Cc1ccccc1.[Na].[Na]. The fourth-order valence-electron chi connectivity index (χ4n) is 4.91. The standard InChI is InChI=1S/C31H46N2.2Na/c1-2-3-4-5-6-7-8-9-10-11-12-13-14-15-19-26-31-32-29-24-20-21-25-30(29)33(31)27-28-22-17-16-18-23-28;;/h16-18,20-25H,2-15,19,26-27H2,1H3;;. The van der Waals surface area contributed by atoms with Crippen LogP contribution in [0.5, 0.6) is 0 Å². The number of imidazole rings is 1. The van der Waals surface area contributed by atoms with Gasteiger partial charge in [-0.15, -0.1) is 0 Å². The Bertz CT molecular complexity index is 891. The molecule has 3 aromatic rings. The summed E-state index contributed by atoms with van der Waals surface area (Å²) in [5.74, 6) is 1.25. The van der Waals surface area contributed by atoms with Crippen molar-refractivity contribution < 1.29 is 0 Å². The van der Waals surface area contributed by atoms with Crippen molar-refractivity contribution in [2.75, 3.05) is 0 Å². The van der Waals surface area contributed by atoms with Gasteiger partial charge < -0.3 is 4.57 Å². The molecule has 182 valence electrons. The summed E-state index contributed by atoms with van der Waals surface area (Å²) in [4.78, 5) is 4.98. The van der Waals surface area contributed by atoms with Gasteiger partial charge in [0.25, 0.3) is 0 Å². The molecule has 0 atom stereocenters. The maximum Gasteiger partial charge on any atom is 0.110 e. The average molecular weight is 493 g/mol. The number of para-hydroxylation sites is 2. The van der Waals surface area contributed by atoms with Crippen LogP contribution in [0.1, 0.15) is 115 Å². The molecule has 1 heterocycles. The van der Waals surface area contributed by atoms with Gasteiger partial charge in [-0.05, 0) is 24.1 Å². The summed E-state index contributed by atoms with van der Waals surface area (Å²) in [5.41, 5.74) is 3.74. The molecular formula is C31H46N2Na2. The van der Waals surface area contributed by atoms with Crippen LogP contribution in [-0.4, -0.2) is 68.7 Å². The monoisotopic (exact) mass is 492 g/mol. The van der Waals surface area contributed by atoms with E-state index < -0.39 is 0 Å². The van der Waals surface area contributed by atoms with Gasteiger partial charge in [0.1, 0.15) is 5.82 Å². The molecule has 0 saturated carbocycles. The molecule has 0 aliphatic heterocycles. The molecule has 3 rings (SSSR count). The van der Waals surface area contributed by atoms with Crippen molar-refractivity contribution >= 4 is 70.1 Å². The Morgan fingerprint density at radius 3 is 1.63 bits per heavy atom. The Morgan fingerprint density at radius 2 is 1.06 bits per heavy atom. The second-order valence-corrected chi connectivity index (χ2v) is 9.79. The van der Waals surface area contributed by atoms with E-state index in [9.17, 15) is 0 Å². The van der Waals surface area contributed by atoms with Crippen molar-refractivity contribution in [2.24, 2.45) is 0 Å². The van der Waals surface area contributed by atoms with E-state index in [0.29, 0.717) is 0 Å². The summed E-state index contributed by atoms with van der Waals surface area (Å²) in [6.07, 6.45) is 22.2. The second kappa shape index (κ2) is 20.9. The van der Waals surface area contributed by atoms with Gasteiger partial charge in [-0.3, -0.25) is 0 Å². The minimum absolute atomic E-state index is 0. The molecule has 0 unspecified atom stereocenters. The average Bonchev–Trinajstić information content (AvgIpc) is 3.19. The number of hydrogen-bond donors (Lipinski definition) is 0. The number of rotatable bonds is 18. The maximum atomic E-state index is 4.98. The largest absolute Gasteiger partial charge is 0.323 e. The van der Waals surface area contributed by atoms with Crippen molar-refractivity contribution in [3.05, 3.63) is 66.0 Å². The zero-order chi connectivity index (χ0) is 23.0. The molecular weight excluding hydrogens is 446 g/mol.